The quantitative estimate of drug-likeness (QED) is 0.757. The molecule has 7 heteroatoms. The van der Waals surface area contributed by atoms with Crippen molar-refractivity contribution >= 4 is 5.78 Å². The molecule has 0 saturated heterocycles. The number of carbonyl (C=O) groups is 1. The van der Waals surface area contributed by atoms with Crippen LogP contribution in [0.4, 0.5) is 0 Å². The van der Waals surface area contributed by atoms with Crippen molar-refractivity contribution in [3.63, 3.8) is 0 Å². The van der Waals surface area contributed by atoms with Crippen molar-refractivity contribution in [2.75, 3.05) is 14.2 Å². The summed E-state index contributed by atoms with van der Waals surface area (Å²) < 4.78 is 11.6. The first kappa shape index (κ1) is 13.0. The Hall–Kier alpha value is -2.44. The van der Waals surface area contributed by atoms with Crippen molar-refractivity contribution in [1.29, 1.82) is 0 Å². The normalized spacial score (nSPS) is 10.3. The van der Waals surface area contributed by atoms with E-state index in [9.17, 15) is 4.79 Å². The largest absolute Gasteiger partial charge is 0.480 e. The van der Waals surface area contributed by atoms with E-state index in [1.165, 1.54) is 20.4 Å². The van der Waals surface area contributed by atoms with E-state index < -0.39 is 0 Å². The Balaban J connectivity index is 2.46. The van der Waals surface area contributed by atoms with Gasteiger partial charge in [-0.15, -0.1) is 0 Å². The van der Waals surface area contributed by atoms with Gasteiger partial charge >= 0.3 is 0 Å². The average molecular weight is 262 g/mol. The molecule has 2 aromatic heterocycles. The number of ether oxygens (including phenoxy) is 2. The third kappa shape index (κ3) is 2.40. The van der Waals surface area contributed by atoms with Crippen molar-refractivity contribution in [3.8, 4) is 11.8 Å². The third-order valence-corrected chi connectivity index (χ3v) is 2.59. The van der Waals surface area contributed by atoms with Gasteiger partial charge in [-0.05, 0) is 6.92 Å². The minimum Gasteiger partial charge on any atom is -0.480 e. The Morgan fingerprint density at radius 1 is 1.32 bits per heavy atom. The van der Waals surface area contributed by atoms with Crippen molar-refractivity contribution in [2.45, 2.75) is 6.92 Å². The van der Waals surface area contributed by atoms with E-state index in [1.807, 2.05) is 0 Å². The molecule has 7 nitrogen and oxygen atoms in total. The standard InChI is InChI=1S/C12H14N4O3/c1-7-8(6-16(2)15-7)11(17)10-12(19-4)14-9(18-3)5-13-10/h5-6H,1-4H3. The number of aryl methyl sites for hydroxylation is 2. The van der Waals surface area contributed by atoms with Crippen LogP contribution in [0.1, 0.15) is 21.7 Å². The van der Waals surface area contributed by atoms with E-state index in [0.717, 1.165) is 0 Å². The topological polar surface area (TPSA) is 79.1 Å². The van der Waals surface area contributed by atoms with E-state index in [2.05, 4.69) is 15.1 Å². The SMILES string of the molecule is COc1cnc(C(=O)c2cn(C)nc2C)c(OC)n1. The molecule has 0 radical (unpaired) electrons. The highest BCUT2D eigenvalue weighted by molar-refractivity contribution is 6.09. The number of nitrogens with zero attached hydrogens (tertiary/aromatic N) is 4. The highest BCUT2D eigenvalue weighted by atomic mass is 16.5. The Morgan fingerprint density at radius 3 is 2.58 bits per heavy atom. The van der Waals surface area contributed by atoms with Crippen LogP contribution in [0.15, 0.2) is 12.4 Å². The molecule has 0 atom stereocenters. The van der Waals surface area contributed by atoms with Gasteiger partial charge in [0.25, 0.3) is 0 Å². The lowest BCUT2D eigenvalue weighted by Crippen LogP contribution is -2.09. The van der Waals surface area contributed by atoms with E-state index >= 15 is 0 Å². The molecule has 19 heavy (non-hydrogen) atoms. The summed E-state index contributed by atoms with van der Waals surface area (Å²) in [5, 5.41) is 4.13. The molecule has 0 spiro atoms. The van der Waals surface area contributed by atoms with Crippen molar-refractivity contribution in [1.82, 2.24) is 19.7 Å². The van der Waals surface area contributed by atoms with Crippen LogP contribution >= 0.6 is 0 Å². The molecule has 0 saturated carbocycles. The highest BCUT2D eigenvalue weighted by Gasteiger charge is 2.21. The molecule has 2 aromatic rings. The molecular formula is C12H14N4O3. The minimum atomic E-state index is -0.280. The van der Waals surface area contributed by atoms with Gasteiger partial charge in [-0.25, -0.2) is 4.98 Å². The summed E-state index contributed by atoms with van der Waals surface area (Å²) in [6, 6.07) is 0. The first-order chi connectivity index (χ1) is 9.06. The molecule has 0 aliphatic carbocycles. The first-order valence-electron chi connectivity index (χ1n) is 5.56. The average Bonchev–Trinajstić information content (AvgIpc) is 2.76. The molecule has 0 fully saturated rings. The van der Waals surface area contributed by atoms with Crippen molar-refractivity contribution in [3.05, 3.63) is 29.3 Å². The van der Waals surface area contributed by atoms with Gasteiger partial charge in [0.15, 0.2) is 5.69 Å². The van der Waals surface area contributed by atoms with Crippen molar-refractivity contribution < 1.29 is 14.3 Å². The Labute approximate surface area is 110 Å². The van der Waals surface area contributed by atoms with Crippen molar-refractivity contribution in [2.24, 2.45) is 7.05 Å². The van der Waals surface area contributed by atoms with Crippen LogP contribution in [0.3, 0.4) is 0 Å². The van der Waals surface area contributed by atoms with E-state index in [1.54, 1.807) is 24.9 Å². The van der Waals surface area contributed by atoms with Gasteiger partial charge in [0, 0.05) is 13.2 Å². The van der Waals surface area contributed by atoms with Crippen LogP contribution in [0.2, 0.25) is 0 Å². The number of hydrogen-bond donors (Lipinski definition) is 0. The summed E-state index contributed by atoms with van der Waals surface area (Å²) in [4.78, 5) is 20.5. The lowest BCUT2D eigenvalue weighted by atomic mass is 10.1. The fourth-order valence-electron chi connectivity index (χ4n) is 1.70. The second-order valence-electron chi connectivity index (χ2n) is 3.90. The predicted molar refractivity (Wildman–Crippen MR) is 66.5 cm³/mol. The van der Waals surface area contributed by atoms with Gasteiger partial charge in [0.2, 0.25) is 17.5 Å². The summed E-state index contributed by atoms with van der Waals surface area (Å²) in [5.74, 6) is 0.140. The molecule has 0 aromatic carbocycles. The maximum Gasteiger partial charge on any atom is 0.247 e. The molecule has 0 aliphatic rings. The molecule has 0 aliphatic heterocycles. The van der Waals surface area contributed by atoms with Crippen LogP contribution < -0.4 is 9.47 Å². The molecule has 0 N–H and O–H groups in total. The van der Waals surface area contributed by atoms with Crippen LogP contribution in [0.5, 0.6) is 11.8 Å². The molecule has 2 heterocycles. The predicted octanol–water partition coefficient (Wildman–Crippen LogP) is 0.767. The number of methoxy groups -OCH3 is 2. The second kappa shape index (κ2) is 5.05. The summed E-state index contributed by atoms with van der Waals surface area (Å²) in [6.45, 7) is 1.76. The number of carbonyl (C=O) groups excluding carboxylic acids is 1. The van der Waals surface area contributed by atoms with Crippen LogP contribution in [-0.4, -0.2) is 39.8 Å². The van der Waals surface area contributed by atoms with E-state index in [-0.39, 0.29) is 23.2 Å². The Bertz CT molecular complexity index is 621. The van der Waals surface area contributed by atoms with Crippen LogP contribution in [0.25, 0.3) is 0 Å². The van der Waals surface area contributed by atoms with Gasteiger partial charge in [-0.2, -0.15) is 10.1 Å². The Kier molecular flexibility index (Phi) is 3.46. The van der Waals surface area contributed by atoms with Gasteiger partial charge < -0.3 is 9.47 Å². The smallest absolute Gasteiger partial charge is 0.247 e. The lowest BCUT2D eigenvalue weighted by molar-refractivity contribution is 0.102. The zero-order valence-electron chi connectivity index (χ0n) is 11.2. The fraction of sp³-hybridized carbons (Fsp3) is 0.333. The maximum absolute atomic E-state index is 12.4. The van der Waals surface area contributed by atoms with Crippen LogP contribution in [-0.2, 0) is 7.05 Å². The summed E-state index contributed by atoms with van der Waals surface area (Å²) in [5.41, 5.74) is 1.24. The summed E-state index contributed by atoms with van der Waals surface area (Å²) in [6.07, 6.45) is 3.02. The third-order valence-electron chi connectivity index (χ3n) is 2.59. The molecule has 0 bridgehead atoms. The number of rotatable bonds is 4. The molecular weight excluding hydrogens is 248 g/mol. The zero-order chi connectivity index (χ0) is 14.0. The highest BCUT2D eigenvalue weighted by Crippen LogP contribution is 2.21. The molecule has 0 amide bonds. The molecule has 2 rings (SSSR count). The van der Waals surface area contributed by atoms with Gasteiger partial charge in [-0.3, -0.25) is 9.48 Å². The fourth-order valence-corrected chi connectivity index (χ4v) is 1.70. The summed E-state index contributed by atoms with van der Waals surface area (Å²) >= 11 is 0. The first-order valence-corrected chi connectivity index (χ1v) is 5.56. The Morgan fingerprint density at radius 2 is 2.05 bits per heavy atom. The minimum absolute atomic E-state index is 0.132. The van der Waals surface area contributed by atoms with Crippen LogP contribution in [0, 0.1) is 6.92 Å². The van der Waals surface area contributed by atoms with E-state index in [0.29, 0.717) is 11.3 Å². The lowest BCUT2D eigenvalue weighted by Gasteiger charge is -2.06. The monoisotopic (exact) mass is 262 g/mol. The number of hydrogen-bond acceptors (Lipinski definition) is 6. The molecule has 100 valence electrons. The number of ketones is 1. The maximum atomic E-state index is 12.4. The number of aromatic nitrogens is 4. The summed E-state index contributed by atoms with van der Waals surface area (Å²) in [7, 11) is 4.65. The van der Waals surface area contributed by atoms with Gasteiger partial charge in [-0.1, -0.05) is 0 Å². The zero-order valence-corrected chi connectivity index (χ0v) is 11.2. The van der Waals surface area contributed by atoms with Gasteiger partial charge in [0.05, 0.1) is 31.7 Å². The van der Waals surface area contributed by atoms with Gasteiger partial charge in [0.1, 0.15) is 0 Å². The van der Waals surface area contributed by atoms with E-state index in [4.69, 9.17) is 9.47 Å². The molecule has 0 unspecified atom stereocenters. The second-order valence-corrected chi connectivity index (χ2v) is 3.90.